The number of pyridine rings is 1. The maximum atomic E-state index is 12.8. The molecule has 1 aromatic heterocycles. The molecule has 1 atom stereocenters. The van der Waals surface area contributed by atoms with E-state index in [1.54, 1.807) is 7.11 Å². The van der Waals surface area contributed by atoms with Gasteiger partial charge < -0.3 is 19.8 Å². The first-order valence-corrected chi connectivity index (χ1v) is 9.82. The lowest BCUT2D eigenvalue weighted by Crippen LogP contribution is -2.32. The Morgan fingerprint density at radius 3 is 2.37 bits per heavy atom. The molecule has 6 heteroatoms. The van der Waals surface area contributed by atoms with Crippen LogP contribution in [-0.2, 0) is 6.61 Å². The second-order valence-corrected chi connectivity index (χ2v) is 7.32. The van der Waals surface area contributed by atoms with Gasteiger partial charge in [-0.15, -0.1) is 0 Å². The molecular formula is C24H26N2O4. The van der Waals surface area contributed by atoms with Crippen molar-refractivity contribution in [3.63, 3.8) is 0 Å². The smallest absolute Gasteiger partial charge is 0.268 e. The molecule has 0 radical (unpaired) electrons. The number of benzene rings is 2. The molecule has 2 N–H and O–H groups in total. The number of rotatable bonds is 8. The number of amides is 1. The Morgan fingerprint density at radius 1 is 1.07 bits per heavy atom. The second kappa shape index (κ2) is 9.78. The molecular weight excluding hydrogens is 380 g/mol. The van der Waals surface area contributed by atoms with Crippen LogP contribution in [0.5, 0.6) is 11.5 Å². The molecule has 3 aromatic rings. The van der Waals surface area contributed by atoms with Crippen LogP contribution in [0.3, 0.4) is 0 Å². The molecule has 0 aliphatic rings. The maximum absolute atomic E-state index is 12.8. The van der Waals surface area contributed by atoms with E-state index >= 15 is 0 Å². The lowest BCUT2D eigenvalue weighted by Gasteiger charge is -2.23. The first kappa shape index (κ1) is 21.2. The van der Waals surface area contributed by atoms with Gasteiger partial charge in [0.2, 0.25) is 5.43 Å². The molecule has 0 bridgehead atoms. The molecule has 156 valence electrons. The van der Waals surface area contributed by atoms with E-state index in [-0.39, 0.29) is 41.3 Å². The van der Waals surface area contributed by atoms with Crippen LogP contribution < -0.4 is 20.2 Å². The van der Waals surface area contributed by atoms with Crippen LogP contribution in [0.25, 0.3) is 0 Å². The molecule has 0 unspecified atom stereocenters. The predicted molar refractivity (Wildman–Crippen MR) is 116 cm³/mol. The molecule has 0 saturated heterocycles. The summed E-state index contributed by atoms with van der Waals surface area (Å²) in [6, 6.07) is 18.2. The summed E-state index contributed by atoms with van der Waals surface area (Å²) in [4.78, 5) is 28.0. The fourth-order valence-corrected chi connectivity index (χ4v) is 3.10. The molecule has 0 spiro atoms. The number of aromatic nitrogens is 1. The molecule has 2 aromatic carbocycles. The van der Waals surface area contributed by atoms with Crippen LogP contribution in [0.15, 0.2) is 71.7 Å². The van der Waals surface area contributed by atoms with Gasteiger partial charge in [0.15, 0.2) is 5.75 Å². The van der Waals surface area contributed by atoms with Crippen LogP contribution in [-0.4, -0.2) is 18.0 Å². The lowest BCUT2D eigenvalue weighted by molar-refractivity contribution is 0.0920. The zero-order valence-corrected chi connectivity index (χ0v) is 17.3. The quantitative estimate of drug-likeness (QED) is 0.590. The van der Waals surface area contributed by atoms with Crippen molar-refractivity contribution < 1.29 is 14.3 Å². The largest absolute Gasteiger partial charge is 0.497 e. The lowest BCUT2D eigenvalue weighted by atomic mass is 9.95. The topological polar surface area (TPSA) is 80.4 Å². The van der Waals surface area contributed by atoms with E-state index in [4.69, 9.17) is 9.47 Å². The highest BCUT2D eigenvalue weighted by Gasteiger charge is 2.20. The first-order valence-electron chi connectivity index (χ1n) is 9.82. The van der Waals surface area contributed by atoms with Gasteiger partial charge in [-0.05, 0) is 29.2 Å². The van der Waals surface area contributed by atoms with Crippen LogP contribution in [0.2, 0.25) is 0 Å². The minimum absolute atomic E-state index is 0.155. The van der Waals surface area contributed by atoms with Gasteiger partial charge in [0, 0.05) is 12.3 Å². The van der Waals surface area contributed by atoms with Crippen LogP contribution in [0, 0.1) is 5.92 Å². The van der Waals surface area contributed by atoms with Gasteiger partial charge in [-0.2, -0.15) is 0 Å². The van der Waals surface area contributed by atoms with Gasteiger partial charge >= 0.3 is 0 Å². The van der Waals surface area contributed by atoms with E-state index in [1.807, 2.05) is 68.4 Å². The molecule has 1 heterocycles. The summed E-state index contributed by atoms with van der Waals surface area (Å²) in [6.07, 6.45) is 1.43. The Labute approximate surface area is 175 Å². The Balaban J connectivity index is 1.70. The zero-order chi connectivity index (χ0) is 21.5. The van der Waals surface area contributed by atoms with E-state index < -0.39 is 0 Å². The van der Waals surface area contributed by atoms with Gasteiger partial charge in [-0.25, -0.2) is 0 Å². The van der Waals surface area contributed by atoms with Crippen LogP contribution >= 0.6 is 0 Å². The number of nitrogens with one attached hydrogen (secondary N) is 2. The van der Waals surface area contributed by atoms with Crippen molar-refractivity contribution in [3.8, 4) is 11.5 Å². The monoisotopic (exact) mass is 406 g/mol. The molecule has 30 heavy (non-hydrogen) atoms. The highest BCUT2D eigenvalue weighted by Crippen LogP contribution is 2.24. The predicted octanol–water partition coefficient (Wildman–Crippen LogP) is 4.09. The van der Waals surface area contributed by atoms with E-state index in [0.717, 1.165) is 16.9 Å². The summed E-state index contributed by atoms with van der Waals surface area (Å²) in [5.74, 6) is 0.729. The van der Waals surface area contributed by atoms with E-state index in [1.165, 1.54) is 12.3 Å². The molecule has 1 amide bonds. The molecule has 0 aliphatic heterocycles. The Morgan fingerprint density at radius 2 is 1.77 bits per heavy atom. The number of carbonyl (C=O) groups excluding carboxylic acids is 1. The fraction of sp³-hybridized carbons (Fsp3) is 0.250. The molecule has 0 fully saturated rings. The molecule has 3 rings (SSSR count). The zero-order valence-electron chi connectivity index (χ0n) is 17.3. The van der Waals surface area contributed by atoms with Crippen LogP contribution in [0.1, 0.15) is 41.5 Å². The van der Waals surface area contributed by atoms with Gasteiger partial charge in [0.25, 0.3) is 5.91 Å². The van der Waals surface area contributed by atoms with Crippen molar-refractivity contribution >= 4 is 5.91 Å². The van der Waals surface area contributed by atoms with Gasteiger partial charge in [0.05, 0.1) is 13.2 Å². The molecule has 0 aliphatic carbocycles. The van der Waals surface area contributed by atoms with E-state index in [0.29, 0.717) is 0 Å². The number of H-pyrrole nitrogens is 1. The van der Waals surface area contributed by atoms with Gasteiger partial charge in [0.1, 0.15) is 18.1 Å². The fourth-order valence-electron chi connectivity index (χ4n) is 3.10. The van der Waals surface area contributed by atoms with E-state index in [2.05, 4.69) is 10.3 Å². The third-order valence-electron chi connectivity index (χ3n) is 4.79. The number of carbonyl (C=O) groups is 1. The minimum atomic E-state index is -0.351. The van der Waals surface area contributed by atoms with Crippen LogP contribution in [0.4, 0.5) is 0 Å². The minimum Gasteiger partial charge on any atom is -0.497 e. The summed E-state index contributed by atoms with van der Waals surface area (Å²) < 4.78 is 10.8. The van der Waals surface area contributed by atoms with Crippen molar-refractivity contribution in [3.05, 3.63) is 93.9 Å². The average Bonchev–Trinajstić information content (AvgIpc) is 2.77. The van der Waals surface area contributed by atoms with Crippen molar-refractivity contribution in [2.45, 2.75) is 26.5 Å². The number of ether oxygens (including phenoxy) is 2. The van der Waals surface area contributed by atoms with Gasteiger partial charge in [-0.1, -0.05) is 56.3 Å². The number of hydrogen-bond acceptors (Lipinski definition) is 4. The summed E-state index contributed by atoms with van der Waals surface area (Å²) in [5, 5.41) is 3.00. The third-order valence-corrected chi connectivity index (χ3v) is 4.79. The Hall–Kier alpha value is -3.54. The third kappa shape index (κ3) is 5.29. The summed E-state index contributed by atoms with van der Waals surface area (Å²) in [7, 11) is 1.61. The first-order chi connectivity index (χ1) is 14.5. The molecule has 6 nitrogen and oxygen atoms in total. The standard InChI is InChI=1S/C24H26N2O4/c1-16(2)23(18-9-11-19(29-3)12-10-18)26-24(28)20-13-21(27)22(14-25-20)30-15-17-7-5-4-6-8-17/h4-14,16,23H,15H2,1-3H3,(H,25,27)(H,26,28)/t23-/m1/s1. The Bertz CT molecular complexity index is 1030. The maximum Gasteiger partial charge on any atom is 0.268 e. The SMILES string of the molecule is COc1ccc([C@H](NC(=O)c2cc(=O)c(OCc3ccccc3)c[nH]2)C(C)C)cc1. The van der Waals surface area contributed by atoms with Crippen molar-refractivity contribution in [2.75, 3.05) is 7.11 Å². The summed E-state index contributed by atoms with van der Waals surface area (Å²) >= 11 is 0. The molecule has 0 saturated carbocycles. The van der Waals surface area contributed by atoms with Crippen molar-refractivity contribution in [2.24, 2.45) is 5.92 Å². The number of hydrogen-bond donors (Lipinski definition) is 2. The Kier molecular flexibility index (Phi) is 6.91. The highest BCUT2D eigenvalue weighted by atomic mass is 16.5. The highest BCUT2D eigenvalue weighted by molar-refractivity contribution is 5.92. The summed E-state index contributed by atoms with van der Waals surface area (Å²) in [6.45, 7) is 4.33. The summed E-state index contributed by atoms with van der Waals surface area (Å²) in [5.41, 5.74) is 1.76. The number of aromatic amines is 1. The van der Waals surface area contributed by atoms with E-state index in [9.17, 15) is 9.59 Å². The number of methoxy groups -OCH3 is 1. The van der Waals surface area contributed by atoms with Gasteiger partial charge in [-0.3, -0.25) is 9.59 Å². The van der Waals surface area contributed by atoms with Crippen molar-refractivity contribution in [1.82, 2.24) is 10.3 Å². The normalized spacial score (nSPS) is 11.7. The second-order valence-electron chi connectivity index (χ2n) is 7.32. The van der Waals surface area contributed by atoms with Crippen molar-refractivity contribution in [1.29, 1.82) is 0 Å². The average molecular weight is 406 g/mol.